The zero-order chi connectivity index (χ0) is 19.5. The third-order valence-corrected chi connectivity index (χ3v) is 6.21. The van der Waals surface area contributed by atoms with Crippen LogP contribution in [0.4, 0.5) is 17.1 Å². The quantitative estimate of drug-likeness (QED) is 0.387. The predicted molar refractivity (Wildman–Crippen MR) is 122 cm³/mol. The molecule has 0 saturated heterocycles. The minimum absolute atomic E-state index is 0.183. The van der Waals surface area contributed by atoms with Crippen molar-refractivity contribution in [3.63, 3.8) is 0 Å². The number of nitrogens with zero attached hydrogens (tertiary/aromatic N) is 1. The van der Waals surface area contributed by atoms with Crippen molar-refractivity contribution in [1.29, 1.82) is 0 Å². The molecular weight excluding hydrogens is 353 g/mol. The lowest BCUT2D eigenvalue weighted by atomic mass is 9.33. The highest BCUT2D eigenvalue weighted by molar-refractivity contribution is 6.99. The molecule has 0 radical (unpaired) electrons. The average molecular weight is 373 g/mol. The zero-order valence-corrected chi connectivity index (χ0v) is 16.5. The van der Waals surface area contributed by atoms with Gasteiger partial charge in [0, 0.05) is 17.1 Å². The van der Waals surface area contributed by atoms with Crippen LogP contribution in [0.15, 0.2) is 84.9 Å². The Balaban J connectivity index is 1.74. The zero-order valence-electron chi connectivity index (χ0n) is 16.5. The average Bonchev–Trinajstić information content (AvgIpc) is 2.74. The van der Waals surface area contributed by atoms with Crippen LogP contribution >= 0.6 is 0 Å². The lowest BCUT2D eigenvalue weighted by Gasteiger charge is -2.41. The van der Waals surface area contributed by atoms with E-state index >= 15 is 0 Å². The molecule has 4 aromatic carbocycles. The van der Waals surface area contributed by atoms with Crippen LogP contribution in [0.3, 0.4) is 0 Å². The highest BCUT2D eigenvalue weighted by atomic mass is 16.5. The van der Waals surface area contributed by atoms with Gasteiger partial charge in [0.05, 0.1) is 0 Å². The van der Waals surface area contributed by atoms with Gasteiger partial charge < -0.3 is 9.64 Å². The van der Waals surface area contributed by atoms with E-state index in [-0.39, 0.29) is 6.71 Å². The monoisotopic (exact) mass is 373 g/mol. The van der Waals surface area contributed by atoms with Crippen molar-refractivity contribution >= 4 is 40.2 Å². The predicted octanol–water partition coefficient (Wildman–Crippen LogP) is 4.71. The molecule has 6 rings (SSSR count). The Hall–Kier alpha value is -3.46. The van der Waals surface area contributed by atoms with Crippen LogP contribution in [0.25, 0.3) is 0 Å². The lowest BCUT2D eigenvalue weighted by molar-refractivity contribution is 0.487. The molecule has 2 heterocycles. The second-order valence-corrected chi connectivity index (χ2v) is 7.89. The number of rotatable bonds is 1. The Labute approximate surface area is 171 Å². The molecule has 0 atom stereocenters. The maximum absolute atomic E-state index is 6.42. The molecular formula is C26H20BNO. The van der Waals surface area contributed by atoms with Crippen molar-refractivity contribution in [2.75, 3.05) is 4.90 Å². The first-order valence-corrected chi connectivity index (χ1v) is 10.1. The van der Waals surface area contributed by atoms with Gasteiger partial charge in [0.1, 0.15) is 11.5 Å². The summed E-state index contributed by atoms with van der Waals surface area (Å²) in [5, 5.41) is 0. The fraction of sp³-hybridized carbons (Fsp3) is 0.0769. The van der Waals surface area contributed by atoms with Crippen LogP contribution < -0.4 is 26.0 Å². The maximum atomic E-state index is 6.42. The standard InChI is InChI=1S/C26H20BNO/c1-17-9-6-13-20-24(17)27-25-18(2)10-7-15-22(25)29-23-16-8-14-21(26(23)27)28(20)19-11-4-3-5-12-19/h3-16H,1-2H3. The van der Waals surface area contributed by atoms with Gasteiger partial charge >= 0.3 is 0 Å². The first kappa shape index (κ1) is 16.5. The van der Waals surface area contributed by atoms with Gasteiger partial charge in [-0.25, -0.2) is 0 Å². The molecule has 2 aliphatic heterocycles. The summed E-state index contributed by atoms with van der Waals surface area (Å²) in [6, 6.07) is 30.0. The first-order valence-electron chi connectivity index (χ1n) is 10.1. The van der Waals surface area contributed by atoms with Crippen LogP contribution in [0, 0.1) is 13.8 Å². The summed E-state index contributed by atoms with van der Waals surface area (Å²) in [5.41, 5.74) is 10.1. The smallest absolute Gasteiger partial charge is 0.257 e. The summed E-state index contributed by atoms with van der Waals surface area (Å²) in [4.78, 5) is 2.38. The summed E-state index contributed by atoms with van der Waals surface area (Å²) in [6.45, 7) is 4.60. The summed E-state index contributed by atoms with van der Waals surface area (Å²) in [6.07, 6.45) is 0. The third-order valence-electron chi connectivity index (χ3n) is 6.21. The van der Waals surface area contributed by atoms with E-state index in [4.69, 9.17) is 4.74 Å². The first-order chi connectivity index (χ1) is 14.2. The Morgan fingerprint density at radius 1 is 0.586 bits per heavy atom. The van der Waals surface area contributed by atoms with Crippen LogP contribution in [0.1, 0.15) is 11.1 Å². The Morgan fingerprint density at radius 2 is 1.17 bits per heavy atom. The summed E-state index contributed by atoms with van der Waals surface area (Å²) in [7, 11) is 0. The summed E-state index contributed by atoms with van der Waals surface area (Å²) < 4.78 is 6.42. The molecule has 0 fully saturated rings. The van der Waals surface area contributed by atoms with E-state index < -0.39 is 0 Å². The lowest BCUT2D eigenvalue weighted by Crippen LogP contribution is -2.60. The highest BCUT2D eigenvalue weighted by Crippen LogP contribution is 2.40. The van der Waals surface area contributed by atoms with Gasteiger partial charge in [-0.3, -0.25) is 0 Å². The van der Waals surface area contributed by atoms with Crippen molar-refractivity contribution in [2.24, 2.45) is 0 Å². The largest absolute Gasteiger partial charge is 0.458 e. The maximum Gasteiger partial charge on any atom is 0.257 e. The number of benzene rings is 4. The van der Waals surface area contributed by atoms with E-state index in [2.05, 4.69) is 104 Å². The Morgan fingerprint density at radius 3 is 1.93 bits per heavy atom. The van der Waals surface area contributed by atoms with Crippen molar-refractivity contribution in [1.82, 2.24) is 0 Å². The number of hydrogen-bond donors (Lipinski definition) is 0. The molecule has 0 unspecified atom stereocenters. The molecule has 138 valence electrons. The van der Waals surface area contributed by atoms with Crippen LogP contribution in [-0.4, -0.2) is 6.71 Å². The normalized spacial score (nSPS) is 13.3. The van der Waals surface area contributed by atoms with Gasteiger partial charge in [0.25, 0.3) is 6.71 Å². The molecule has 2 nitrogen and oxygen atoms in total. The van der Waals surface area contributed by atoms with Gasteiger partial charge in [-0.15, -0.1) is 0 Å². The number of aryl methyl sites for hydroxylation is 2. The van der Waals surface area contributed by atoms with E-state index in [0.717, 1.165) is 11.5 Å². The van der Waals surface area contributed by atoms with Crippen molar-refractivity contribution in [2.45, 2.75) is 13.8 Å². The molecule has 2 aliphatic rings. The fourth-order valence-corrected chi connectivity index (χ4v) is 4.99. The summed E-state index contributed by atoms with van der Waals surface area (Å²) >= 11 is 0. The number of para-hydroxylation sites is 1. The van der Waals surface area contributed by atoms with E-state index in [1.54, 1.807) is 0 Å². The molecule has 3 heteroatoms. The molecule has 0 bridgehead atoms. The third kappa shape index (κ3) is 2.25. The van der Waals surface area contributed by atoms with Crippen molar-refractivity contribution in [3.8, 4) is 11.5 Å². The van der Waals surface area contributed by atoms with Crippen molar-refractivity contribution < 1.29 is 4.74 Å². The highest BCUT2D eigenvalue weighted by Gasteiger charge is 2.42. The molecule has 0 spiro atoms. The topological polar surface area (TPSA) is 12.5 Å². The Kier molecular flexibility index (Phi) is 3.42. The molecule has 0 amide bonds. The van der Waals surface area contributed by atoms with Crippen molar-refractivity contribution in [3.05, 3.63) is 96.1 Å². The molecule has 0 saturated carbocycles. The molecule has 0 aromatic heterocycles. The number of hydrogen-bond acceptors (Lipinski definition) is 2. The number of fused-ring (bicyclic) bond motifs is 4. The molecule has 0 N–H and O–H groups in total. The molecule has 4 aromatic rings. The molecule has 0 aliphatic carbocycles. The van der Waals surface area contributed by atoms with Gasteiger partial charge in [0.15, 0.2) is 0 Å². The fourth-order valence-electron chi connectivity index (χ4n) is 4.99. The van der Waals surface area contributed by atoms with Crippen LogP contribution in [0.5, 0.6) is 11.5 Å². The number of ether oxygens (including phenoxy) is 1. The molecule has 29 heavy (non-hydrogen) atoms. The summed E-state index contributed by atoms with van der Waals surface area (Å²) in [5.74, 6) is 1.93. The van der Waals surface area contributed by atoms with E-state index in [1.807, 2.05) is 0 Å². The van der Waals surface area contributed by atoms with Gasteiger partial charge in [-0.05, 0) is 66.6 Å². The van der Waals surface area contributed by atoms with E-state index in [9.17, 15) is 0 Å². The SMILES string of the molecule is Cc1cccc2c1B1c3c(C)cccc3N(c3ccccc3)c3cccc(c31)O2. The van der Waals surface area contributed by atoms with Gasteiger partial charge in [-0.1, -0.05) is 59.7 Å². The van der Waals surface area contributed by atoms with Gasteiger partial charge in [-0.2, -0.15) is 0 Å². The minimum Gasteiger partial charge on any atom is -0.458 e. The number of anilines is 3. The van der Waals surface area contributed by atoms with E-state index in [1.165, 1.54) is 44.6 Å². The Bertz CT molecular complexity index is 1250. The second kappa shape index (κ2) is 6.02. The van der Waals surface area contributed by atoms with Crippen LogP contribution in [-0.2, 0) is 0 Å². The van der Waals surface area contributed by atoms with E-state index in [0.29, 0.717) is 0 Å². The second-order valence-electron chi connectivity index (χ2n) is 7.89. The van der Waals surface area contributed by atoms with Crippen LogP contribution in [0.2, 0.25) is 0 Å². The minimum atomic E-state index is 0.183. The van der Waals surface area contributed by atoms with Gasteiger partial charge in [0.2, 0.25) is 0 Å².